The minimum atomic E-state index is -0.300. The van der Waals surface area contributed by atoms with Gasteiger partial charge in [-0.05, 0) is 57.0 Å². The highest BCUT2D eigenvalue weighted by atomic mass is 16.5. The average Bonchev–Trinajstić information content (AvgIpc) is 3.06. The number of pyridine rings is 1. The summed E-state index contributed by atoms with van der Waals surface area (Å²) in [5, 5.41) is 1.06. The van der Waals surface area contributed by atoms with Crippen LogP contribution in [0.2, 0.25) is 0 Å². The molecular formula is C18H22N2O2. The van der Waals surface area contributed by atoms with Gasteiger partial charge in [-0.1, -0.05) is 12.1 Å². The second-order valence-corrected chi connectivity index (χ2v) is 5.73. The van der Waals surface area contributed by atoms with E-state index in [1.54, 1.807) is 6.20 Å². The van der Waals surface area contributed by atoms with E-state index in [9.17, 15) is 4.79 Å². The highest BCUT2D eigenvalue weighted by Crippen LogP contribution is 2.20. The van der Waals surface area contributed by atoms with Gasteiger partial charge in [0.2, 0.25) is 0 Å². The number of esters is 1. The van der Waals surface area contributed by atoms with E-state index in [1.165, 1.54) is 31.5 Å². The van der Waals surface area contributed by atoms with Crippen molar-refractivity contribution in [2.45, 2.75) is 26.2 Å². The third-order valence-corrected chi connectivity index (χ3v) is 4.22. The van der Waals surface area contributed by atoms with E-state index in [1.807, 2.05) is 25.1 Å². The molecule has 0 aliphatic carbocycles. The van der Waals surface area contributed by atoms with Crippen LogP contribution in [0.25, 0.3) is 10.9 Å². The highest BCUT2D eigenvalue weighted by molar-refractivity contribution is 5.94. The van der Waals surface area contributed by atoms with Gasteiger partial charge in [-0.25, -0.2) is 4.79 Å². The Morgan fingerprint density at radius 1 is 1.32 bits per heavy atom. The maximum atomic E-state index is 11.9. The fraction of sp³-hybridized carbons (Fsp3) is 0.444. The number of hydrogen-bond acceptors (Lipinski definition) is 4. The molecule has 4 heteroatoms. The van der Waals surface area contributed by atoms with Crippen molar-refractivity contribution in [2.24, 2.45) is 0 Å². The Morgan fingerprint density at radius 2 is 2.14 bits per heavy atom. The maximum Gasteiger partial charge on any atom is 0.339 e. The lowest BCUT2D eigenvalue weighted by atomic mass is 10.0. The standard InChI is InChI=1S/C18H22N2O2/c1-2-22-18(21)15-12-16-14(6-5-7-17(16)19-13-15)8-11-20-9-3-4-10-20/h5-7,12-13H,2-4,8-11H2,1H3. The largest absolute Gasteiger partial charge is 0.462 e. The topological polar surface area (TPSA) is 42.4 Å². The van der Waals surface area contributed by atoms with Gasteiger partial charge in [-0.15, -0.1) is 0 Å². The number of likely N-dealkylation sites (tertiary alicyclic amines) is 1. The molecule has 0 saturated carbocycles. The first-order valence-corrected chi connectivity index (χ1v) is 8.05. The molecule has 1 aliphatic heterocycles. The van der Waals surface area contributed by atoms with Crippen molar-refractivity contribution in [3.05, 3.63) is 41.6 Å². The zero-order valence-corrected chi connectivity index (χ0v) is 13.0. The van der Waals surface area contributed by atoms with E-state index < -0.39 is 0 Å². The number of carbonyl (C=O) groups excluding carboxylic acids is 1. The number of benzene rings is 1. The van der Waals surface area contributed by atoms with Crippen LogP contribution in [0.15, 0.2) is 30.5 Å². The first-order chi connectivity index (χ1) is 10.8. The molecule has 0 atom stereocenters. The monoisotopic (exact) mass is 298 g/mol. The van der Waals surface area contributed by atoms with E-state index in [0.29, 0.717) is 12.2 Å². The molecule has 0 amide bonds. The third kappa shape index (κ3) is 3.28. The fourth-order valence-corrected chi connectivity index (χ4v) is 3.04. The van der Waals surface area contributed by atoms with Gasteiger partial charge in [-0.2, -0.15) is 0 Å². The lowest BCUT2D eigenvalue weighted by molar-refractivity contribution is 0.0526. The van der Waals surface area contributed by atoms with Gasteiger partial charge in [0.05, 0.1) is 17.7 Å². The molecule has 0 N–H and O–H groups in total. The molecule has 3 rings (SSSR count). The lowest BCUT2D eigenvalue weighted by Gasteiger charge is -2.15. The summed E-state index contributed by atoms with van der Waals surface area (Å²) in [5.41, 5.74) is 2.72. The van der Waals surface area contributed by atoms with Crippen LogP contribution < -0.4 is 0 Å². The summed E-state index contributed by atoms with van der Waals surface area (Å²) in [7, 11) is 0. The molecule has 1 aromatic heterocycles. The number of fused-ring (bicyclic) bond motifs is 1. The van der Waals surface area contributed by atoms with Crippen molar-refractivity contribution in [3.63, 3.8) is 0 Å². The van der Waals surface area contributed by atoms with Gasteiger partial charge in [0.25, 0.3) is 0 Å². The molecule has 0 radical (unpaired) electrons. The molecule has 1 fully saturated rings. The average molecular weight is 298 g/mol. The Bertz CT molecular complexity index is 663. The van der Waals surface area contributed by atoms with Gasteiger partial charge in [0.15, 0.2) is 0 Å². The number of ether oxygens (including phenoxy) is 1. The molecule has 22 heavy (non-hydrogen) atoms. The molecule has 1 aliphatic rings. The van der Waals surface area contributed by atoms with Crippen LogP contribution in [-0.2, 0) is 11.2 Å². The van der Waals surface area contributed by atoms with E-state index >= 15 is 0 Å². The van der Waals surface area contributed by atoms with E-state index in [2.05, 4.69) is 16.0 Å². The molecule has 0 spiro atoms. The Hall–Kier alpha value is -1.94. The molecule has 0 unspecified atom stereocenters. The van der Waals surface area contributed by atoms with Gasteiger partial charge in [0.1, 0.15) is 0 Å². The number of nitrogens with zero attached hydrogens (tertiary/aromatic N) is 2. The van der Waals surface area contributed by atoms with Crippen molar-refractivity contribution in [1.29, 1.82) is 0 Å². The quantitative estimate of drug-likeness (QED) is 0.796. The fourth-order valence-electron chi connectivity index (χ4n) is 3.04. The molecule has 2 heterocycles. The second-order valence-electron chi connectivity index (χ2n) is 5.73. The summed E-state index contributed by atoms with van der Waals surface area (Å²) in [6.45, 7) is 5.68. The van der Waals surface area contributed by atoms with Crippen LogP contribution in [0.3, 0.4) is 0 Å². The summed E-state index contributed by atoms with van der Waals surface area (Å²) >= 11 is 0. The zero-order valence-electron chi connectivity index (χ0n) is 13.0. The summed E-state index contributed by atoms with van der Waals surface area (Å²) < 4.78 is 5.07. The number of hydrogen-bond donors (Lipinski definition) is 0. The van der Waals surface area contributed by atoms with E-state index in [4.69, 9.17) is 4.74 Å². The van der Waals surface area contributed by atoms with Crippen LogP contribution in [0.1, 0.15) is 35.7 Å². The smallest absolute Gasteiger partial charge is 0.339 e. The third-order valence-electron chi connectivity index (χ3n) is 4.22. The molecule has 0 bridgehead atoms. The number of carbonyl (C=O) groups is 1. The van der Waals surface area contributed by atoms with Crippen molar-refractivity contribution in [1.82, 2.24) is 9.88 Å². The number of aromatic nitrogens is 1. The lowest BCUT2D eigenvalue weighted by Crippen LogP contribution is -2.22. The SMILES string of the molecule is CCOC(=O)c1cnc2cccc(CCN3CCCC3)c2c1. The van der Waals surface area contributed by atoms with Crippen molar-refractivity contribution in [3.8, 4) is 0 Å². The zero-order chi connectivity index (χ0) is 15.4. The minimum absolute atomic E-state index is 0.300. The van der Waals surface area contributed by atoms with Crippen molar-refractivity contribution >= 4 is 16.9 Å². The molecule has 1 aromatic carbocycles. The maximum absolute atomic E-state index is 11.9. The number of rotatable bonds is 5. The van der Waals surface area contributed by atoms with Gasteiger partial charge in [0, 0.05) is 18.1 Å². The van der Waals surface area contributed by atoms with Crippen molar-refractivity contribution < 1.29 is 9.53 Å². The summed E-state index contributed by atoms with van der Waals surface area (Å²) in [5.74, 6) is -0.300. The normalized spacial score (nSPS) is 15.3. The molecular weight excluding hydrogens is 276 g/mol. The first kappa shape index (κ1) is 15.0. The predicted molar refractivity (Wildman–Crippen MR) is 87.1 cm³/mol. The Morgan fingerprint density at radius 3 is 2.91 bits per heavy atom. The van der Waals surface area contributed by atoms with Crippen LogP contribution in [0.5, 0.6) is 0 Å². The summed E-state index contributed by atoms with van der Waals surface area (Å²) in [6, 6.07) is 8.08. The van der Waals surface area contributed by atoms with Crippen LogP contribution >= 0.6 is 0 Å². The Balaban J connectivity index is 1.84. The van der Waals surface area contributed by atoms with Gasteiger partial charge in [-0.3, -0.25) is 4.98 Å². The van der Waals surface area contributed by atoms with Crippen LogP contribution in [0, 0.1) is 0 Å². The highest BCUT2D eigenvalue weighted by Gasteiger charge is 2.13. The van der Waals surface area contributed by atoms with Gasteiger partial charge < -0.3 is 9.64 Å². The molecule has 2 aromatic rings. The van der Waals surface area contributed by atoms with Crippen molar-refractivity contribution in [2.75, 3.05) is 26.2 Å². The Kier molecular flexibility index (Phi) is 4.68. The predicted octanol–water partition coefficient (Wildman–Crippen LogP) is 3.05. The Labute approximate surface area is 131 Å². The van der Waals surface area contributed by atoms with E-state index in [-0.39, 0.29) is 5.97 Å². The van der Waals surface area contributed by atoms with Crippen LogP contribution in [0.4, 0.5) is 0 Å². The van der Waals surface area contributed by atoms with E-state index in [0.717, 1.165) is 23.9 Å². The van der Waals surface area contributed by atoms with Gasteiger partial charge >= 0.3 is 5.97 Å². The molecule has 1 saturated heterocycles. The summed E-state index contributed by atoms with van der Waals surface area (Å²) in [6.07, 6.45) is 5.21. The first-order valence-electron chi connectivity index (χ1n) is 8.05. The molecule has 116 valence electrons. The summed E-state index contributed by atoms with van der Waals surface area (Å²) in [4.78, 5) is 18.8. The van der Waals surface area contributed by atoms with Crippen LogP contribution in [-0.4, -0.2) is 42.1 Å². The molecule has 4 nitrogen and oxygen atoms in total. The minimum Gasteiger partial charge on any atom is -0.462 e. The second kappa shape index (κ2) is 6.88.